The van der Waals surface area contributed by atoms with Crippen LogP contribution in [0, 0.1) is 5.92 Å². The third-order valence-corrected chi connectivity index (χ3v) is 4.42. The number of aliphatic carboxylic acids is 1. The van der Waals surface area contributed by atoms with E-state index < -0.39 is 5.97 Å². The van der Waals surface area contributed by atoms with Gasteiger partial charge >= 0.3 is 12.0 Å². The minimum absolute atomic E-state index is 0.174. The number of carbonyl (C=O) groups is 3. The van der Waals surface area contributed by atoms with Crippen LogP contribution in [-0.2, 0) is 9.59 Å². The fourth-order valence-corrected chi connectivity index (χ4v) is 2.75. The molecule has 1 aliphatic heterocycles. The Kier molecular flexibility index (Phi) is 6.60. The molecule has 1 aromatic carbocycles. The number of rotatable bonds is 5. The summed E-state index contributed by atoms with van der Waals surface area (Å²) in [4.78, 5) is 36.3. The van der Waals surface area contributed by atoms with E-state index >= 15 is 0 Å². The molecule has 0 saturated carbocycles. The van der Waals surface area contributed by atoms with E-state index in [1.807, 2.05) is 12.1 Å². The van der Waals surface area contributed by atoms with Crippen molar-refractivity contribution in [1.29, 1.82) is 0 Å². The molecule has 0 unspecified atom stereocenters. The van der Waals surface area contributed by atoms with Crippen molar-refractivity contribution in [2.45, 2.75) is 19.3 Å². The molecule has 1 aliphatic rings. The van der Waals surface area contributed by atoms with E-state index in [1.54, 1.807) is 17.0 Å². The Morgan fingerprint density at radius 3 is 2.38 bits per heavy atom. The van der Waals surface area contributed by atoms with Gasteiger partial charge in [-0.1, -0.05) is 15.9 Å². The Bertz CT molecular complexity index is 598. The summed E-state index contributed by atoms with van der Waals surface area (Å²) < 4.78 is 0.930. The molecule has 1 heterocycles. The van der Waals surface area contributed by atoms with Crippen molar-refractivity contribution in [3.8, 4) is 0 Å². The summed E-state index contributed by atoms with van der Waals surface area (Å²) >= 11 is 3.32. The molecule has 0 aromatic heterocycles. The zero-order chi connectivity index (χ0) is 17.5. The van der Waals surface area contributed by atoms with Gasteiger partial charge in [0.25, 0.3) is 0 Å². The first-order valence-electron chi connectivity index (χ1n) is 7.76. The van der Waals surface area contributed by atoms with Gasteiger partial charge in [-0.25, -0.2) is 4.79 Å². The molecule has 1 aromatic rings. The first-order valence-corrected chi connectivity index (χ1v) is 8.56. The SMILES string of the molecule is O=C(CCNC(=O)N1CCC(C(=O)O)CC1)Nc1ccc(Br)cc1. The third kappa shape index (κ3) is 5.52. The Labute approximate surface area is 148 Å². The first kappa shape index (κ1) is 18.3. The summed E-state index contributed by atoms with van der Waals surface area (Å²) in [5.41, 5.74) is 0.699. The van der Waals surface area contributed by atoms with Crippen LogP contribution in [0.15, 0.2) is 28.7 Å². The standard InChI is InChI=1S/C16H20BrN3O4/c17-12-1-3-13(4-2-12)19-14(21)5-8-18-16(24)20-9-6-11(7-10-20)15(22)23/h1-4,11H,5-10H2,(H,18,24)(H,19,21)(H,22,23). The van der Waals surface area contributed by atoms with Crippen molar-refractivity contribution in [2.24, 2.45) is 5.92 Å². The average molecular weight is 398 g/mol. The zero-order valence-electron chi connectivity index (χ0n) is 13.1. The molecule has 1 fully saturated rings. The fourth-order valence-electron chi connectivity index (χ4n) is 2.48. The highest BCUT2D eigenvalue weighted by molar-refractivity contribution is 9.10. The molecule has 130 valence electrons. The van der Waals surface area contributed by atoms with Gasteiger partial charge in [0.1, 0.15) is 0 Å². The van der Waals surface area contributed by atoms with E-state index in [1.165, 1.54) is 0 Å². The summed E-state index contributed by atoms with van der Waals surface area (Å²) in [5.74, 6) is -1.35. The number of hydrogen-bond acceptors (Lipinski definition) is 3. The van der Waals surface area contributed by atoms with Crippen molar-refractivity contribution in [3.05, 3.63) is 28.7 Å². The number of anilines is 1. The second-order valence-corrected chi connectivity index (χ2v) is 6.55. The number of benzene rings is 1. The highest BCUT2D eigenvalue weighted by atomic mass is 79.9. The number of carbonyl (C=O) groups excluding carboxylic acids is 2. The van der Waals surface area contributed by atoms with Crippen LogP contribution in [0.5, 0.6) is 0 Å². The highest BCUT2D eigenvalue weighted by Gasteiger charge is 2.26. The van der Waals surface area contributed by atoms with Gasteiger partial charge in [-0.05, 0) is 37.1 Å². The van der Waals surface area contributed by atoms with Crippen molar-refractivity contribution in [2.75, 3.05) is 25.0 Å². The molecule has 0 radical (unpaired) electrons. The summed E-state index contributed by atoms with van der Waals surface area (Å²) in [6, 6.07) is 6.98. The summed E-state index contributed by atoms with van der Waals surface area (Å²) in [7, 11) is 0. The second-order valence-electron chi connectivity index (χ2n) is 5.64. The lowest BCUT2D eigenvalue weighted by Crippen LogP contribution is -2.46. The number of nitrogens with zero attached hydrogens (tertiary/aromatic N) is 1. The molecule has 24 heavy (non-hydrogen) atoms. The molecule has 0 spiro atoms. The molecular formula is C16H20BrN3O4. The number of carboxylic acids is 1. The maximum atomic E-state index is 12.0. The Balaban J connectivity index is 1.66. The average Bonchev–Trinajstić information content (AvgIpc) is 2.57. The molecule has 0 aliphatic carbocycles. The van der Waals surface area contributed by atoms with Gasteiger partial charge in [0, 0.05) is 36.2 Å². The topological polar surface area (TPSA) is 98.7 Å². The van der Waals surface area contributed by atoms with Crippen molar-refractivity contribution >= 4 is 39.5 Å². The predicted octanol–water partition coefficient (Wildman–Crippen LogP) is 2.28. The van der Waals surface area contributed by atoms with Crippen LogP contribution in [0.2, 0.25) is 0 Å². The van der Waals surface area contributed by atoms with Gasteiger partial charge in [0.2, 0.25) is 5.91 Å². The number of hydrogen-bond donors (Lipinski definition) is 3. The minimum atomic E-state index is -0.806. The number of nitrogens with one attached hydrogen (secondary N) is 2. The number of amides is 3. The van der Waals surface area contributed by atoms with Crippen LogP contribution in [0.25, 0.3) is 0 Å². The van der Waals surface area contributed by atoms with Crippen molar-refractivity contribution in [3.63, 3.8) is 0 Å². The van der Waals surface area contributed by atoms with Gasteiger partial charge < -0.3 is 20.6 Å². The first-order chi connectivity index (χ1) is 11.5. The zero-order valence-corrected chi connectivity index (χ0v) is 14.7. The van der Waals surface area contributed by atoms with E-state index in [-0.39, 0.29) is 30.8 Å². The summed E-state index contributed by atoms with van der Waals surface area (Å²) in [6.45, 7) is 1.09. The van der Waals surface area contributed by atoms with E-state index in [0.717, 1.165) is 4.47 Å². The van der Waals surface area contributed by atoms with Crippen LogP contribution in [0.4, 0.5) is 10.5 Å². The van der Waals surface area contributed by atoms with Gasteiger partial charge in [-0.3, -0.25) is 9.59 Å². The predicted molar refractivity (Wildman–Crippen MR) is 92.7 cm³/mol. The summed E-state index contributed by atoms with van der Waals surface area (Å²) in [6.07, 6.45) is 1.10. The van der Waals surface area contributed by atoms with Crippen LogP contribution in [0.1, 0.15) is 19.3 Å². The number of piperidine rings is 1. The molecule has 3 N–H and O–H groups in total. The minimum Gasteiger partial charge on any atom is -0.481 e. The smallest absolute Gasteiger partial charge is 0.317 e. The van der Waals surface area contributed by atoms with Crippen LogP contribution in [0.3, 0.4) is 0 Å². The quantitative estimate of drug-likeness (QED) is 0.709. The molecular weight excluding hydrogens is 378 g/mol. The van der Waals surface area contributed by atoms with E-state index in [9.17, 15) is 14.4 Å². The molecule has 3 amide bonds. The van der Waals surface area contributed by atoms with Crippen molar-refractivity contribution < 1.29 is 19.5 Å². The number of likely N-dealkylation sites (tertiary alicyclic amines) is 1. The van der Waals surface area contributed by atoms with Gasteiger partial charge in [-0.2, -0.15) is 0 Å². The normalized spacial score (nSPS) is 15.0. The van der Waals surface area contributed by atoms with E-state index in [4.69, 9.17) is 5.11 Å². The fraction of sp³-hybridized carbons (Fsp3) is 0.438. The molecule has 2 rings (SSSR count). The largest absolute Gasteiger partial charge is 0.481 e. The number of carboxylic acid groups (broad SMARTS) is 1. The van der Waals surface area contributed by atoms with Gasteiger partial charge in [0.15, 0.2) is 0 Å². The second kappa shape index (κ2) is 8.68. The lowest BCUT2D eigenvalue weighted by atomic mass is 9.97. The Morgan fingerprint density at radius 1 is 1.17 bits per heavy atom. The lowest BCUT2D eigenvalue weighted by Gasteiger charge is -2.30. The summed E-state index contributed by atoms with van der Waals surface area (Å²) in [5, 5.41) is 14.4. The highest BCUT2D eigenvalue weighted by Crippen LogP contribution is 2.17. The monoisotopic (exact) mass is 397 g/mol. The maximum absolute atomic E-state index is 12.0. The third-order valence-electron chi connectivity index (χ3n) is 3.89. The molecule has 0 atom stereocenters. The van der Waals surface area contributed by atoms with E-state index in [0.29, 0.717) is 31.6 Å². The molecule has 8 heteroatoms. The van der Waals surface area contributed by atoms with Gasteiger partial charge in [0.05, 0.1) is 5.92 Å². The molecule has 7 nitrogen and oxygen atoms in total. The van der Waals surface area contributed by atoms with Crippen LogP contribution >= 0.6 is 15.9 Å². The molecule has 0 bridgehead atoms. The van der Waals surface area contributed by atoms with Crippen LogP contribution in [-0.4, -0.2) is 47.5 Å². The maximum Gasteiger partial charge on any atom is 0.317 e. The Morgan fingerprint density at radius 2 is 1.79 bits per heavy atom. The lowest BCUT2D eigenvalue weighted by molar-refractivity contribution is -0.143. The number of urea groups is 1. The Hall–Kier alpha value is -2.09. The molecule has 1 saturated heterocycles. The van der Waals surface area contributed by atoms with Crippen LogP contribution < -0.4 is 10.6 Å². The van der Waals surface area contributed by atoms with Crippen molar-refractivity contribution in [1.82, 2.24) is 10.2 Å². The number of halogens is 1. The van der Waals surface area contributed by atoms with Gasteiger partial charge in [-0.15, -0.1) is 0 Å². The van der Waals surface area contributed by atoms with E-state index in [2.05, 4.69) is 26.6 Å².